The molecule has 1 fully saturated rings. The third-order valence-electron chi connectivity index (χ3n) is 4.33. The summed E-state index contributed by atoms with van der Waals surface area (Å²) in [6.07, 6.45) is 0.850. The maximum Gasteiger partial charge on any atom is 0.306 e. The lowest BCUT2D eigenvalue weighted by molar-refractivity contribution is -0.146. The van der Waals surface area contributed by atoms with E-state index in [1.807, 2.05) is 0 Å². The van der Waals surface area contributed by atoms with Crippen LogP contribution < -0.4 is 11.1 Å². The fraction of sp³-hybridized carbons (Fsp3) is 0.412. The Balaban J connectivity index is 1.91. The Morgan fingerprint density at radius 1 is 1.20 bits per heavy atom. The predicted octanol–water partition coefficient (Wildman–Crippen LogP) is 0.412. The highest BCUT2D eigenvalue weighted by Crippen LogP contribution is 2.18. The number of carbonyl (C=O) groups is 3. The topological polar surface area (TPSA) is 137 Å². The van der Waals surface area contributed by atoms with Crippen LogP contribution in [-0.4, -0.2) is 52.8 Å². The Morgan fingerprint density at radius 3 is 2.20 bits per heavy atom. The van der Waals surface area contributed by atoms with E-state index in [9.17, 15) is 14.4 Å². The minimum Gasteiger partial charge on any atom is -0.481 e. The minimum atomic E-state index is -0.831. The second-order valence-corrected chi connectivity index (χ2v) is 6.12. The summed E-state index contributed by atoms with van der Waals surface area (Å²) in [5.74, 6) is -1.94. The van der Waals surface area contributed by atoms with Crippen molar-refractivity contribution in [2.45, 2.75) is 25.8 Å². The first kappa shape index (κ1) is 18.4. The molecule has 8 nitrogen and oxygen atoms in total. The van der Waals surface area contributed by atoms with Crippen LogP contribution >= 0.6 is 0 Å². The average molecular weight is 346 g/mol. The lowest BCUT2D eigenvalue weighted by Crippen LogP contribution is -2.49. The van der Waals surface area contributed by atoms with E-state index in [-0.39, 0.29) is 11.7 Å². The molecule has 1 aromatic rings. The van der Waals surface area contributed by atoms with Crippen molar-refractivity contribution < 1.29 is 19.5 Å². The second-order valence-electron chi connectivity index (χ2n) is 6.12. The molecule has 0 unspecified atom stereocenters. The van der Waals surface area contributed by atoms with Crippen LogP contribution in [0.5, 0.6) is 0 Å². The summed E-state index contributed by atoms with van der Waals surface area (Å²) in [5, 5.41) is 19.0. The van der Waals surface area contributed by atoms with Gasteiger partial charge in [0.15, 0.2) is 0 Å². The Bertz CT molecular complexity index is 678. The van der Waals surface area contributed by atoms with Crippen LogP contribution in [0, 0.1) is 11.3 Å². The van der Waals surface area contributed by atoms with E-state index >= 15 is 0 Å². The van der Waals surface area contributed by atoms with Crippen LogP contribution in [0.4, 0.5) is 0 Å². The summed E-state index contributed by atoms with van der Waals surface area (Å²) in [4.78, 5) is 37.2. The van der Waals surface area contributed by atoms with Gasteiger partial charge in [-0.15, -0.1) is 0 Å². The number of nitrogens with one attached hydrogen (secondary N) is 2. The fourth-order valence-electron chi connectivity index (χ4n) is 2.76. The smallest absolute Gasteiger partial charge is 0.306 e. The van der Waals surface area contributed by atoms with Crippen molar-refractivity contribution in [3.63, 3.8) is 0 Å². The van der Waals surface area contributed by atoms with E-state index in [2.05, 4.69) is 5.32 Å². The molecule has 1 saturated heterocycles. The number of carboxylic acid groups (broad SMARTS) is 1. The highest BCUT2D eigenvalue weighted by Gasteiger charge is 2.29. The molecular formula is C17H22N4O4. The van der Waals surface area contributed by atoms with Crippen LogP contribution in [0.2, 0.25) is 0 Å². The van der Waals surface area contributed by atoms with Crippen molar-refractivity contribution >= 4 is 23.6 Å². The predicted molar refractivity (Wildman–Crippen MR) is 91.3 cm³/mol. The number of carboxylic acids is 1. The standard InChI is InChI=1S/C17H22N4O4/c1-10(16(23)21-8-6-13(7-9-21)17(24)25)20-15(22)12-4-2-11(3-5-12)14(18)19/h2-5,10,13H,6-9H2,1H3,(H3,18,19)(H,20,22)(H,24,25)/t10-/m0/s1. The van der Waals surface area contributed by atoms with Crippen molar-refractivity contribution in [2.75, 3.05) is 13.1 Å². The summed E-state index contributed by atoms with van der Waals surface area (Å²) in [6, 6.07) is 5.52. The van der Waals surface area contributed by atoms with Gasteiger partial charge in [-0.2, -0.15) is 0 Å². The van der Waals surface area contributed by atoms with E-state index in [4.69, 9.17) is 16.2 Å². The van der Waals surface area contributed by atoms with E-state index in [1.54, 1.807) is 36.1 Å². The number of amides is 2. The van der Waals surface area contributed by atoms with Gasteiger partial charge in [-0.05, 0) is 31.9 Å². The molecule has 0 bridgehead atoms. The molecule has 5 N–H and O–H groups in total. The zero-order chi connectivity index (χ0) is 18.6. The number of benzene rings is 1. The Morgan fingerprint density at radius 2 is 1.72 bits per heavy atom. The number of amidine groups is 1. The summed E-state index contributed by atoms with van der Waals surface area (Å²) in [5.41, 5.74) is 6.25. The molecule has 1 atom stereocenters. The molecular weight excluding hydrogens is 324 g/mol. The third kappa shape index (κ3) is 4.56. The lowest BCUT2D eigenvalue weighted by atomic mass is 9.97. The SMILES string of the molecule is C[C@H](NC(=O)c1ccc(C(=N)N)cc1)C(=O)N1CCC(C(=O)O)CC1. The Kier molecular flexibility index (Phi) is 5.74. The zero-order valence-corrected chi connectivity index (χ0v) is 14.0. The van der Waals surface area contributed by atoms with Gasteiger partial charge in [0, 0.05) is 24.2 Å². The minimum absolute atomic E-state index is 0.0831. The van der Waals surface area contributed by atoms with Gasteiger partial charge >= 0.3 is 5.97 Å². The molecule has 0 saturated carbocycles. The van der Waals surface area contributed by atoms with Gasteiger partial charge in [-0.3, -0.25) is 19.8 Å². The number of nitrogens with two attached hydrogens (primary N) is 1. The molecule has 0 aliphatic carbocycles. The molecule has 1 heterocycles. The van der Waals surface area contributed by atoms with Gasteiger partial charge in [0.2, 0.25) is 5.91 Å². The molecule has 8 heteroatoms. The number of nitrogens with zero attached hydrogens (tertiary/aromatic N) is 1. The maximum atomic E-state index is 12.4. The number of hydrogen-bond acceptors (Lipinski definition) is 4. The zero-order valence-electron chi connectivity index (χ0n) is 14.0. The van der Waals surface area contributed by atoms with Crippen molar-refractivity contribution in [3.05, 3.63) is 35.4 Å². The number of aliphatic carboxylic acids is 1. The van der Waals surface area contributed by atoms with Gasteiger partial charge in [-0.1, -0.05) is 12.1 Å². The van der Waals surface area contributed by atoms with Crippen LogP contribution in [0.3, 0.4) is 0 Å². The molecule has 0 radical (unpaired) electrons. The molecule has 25 heavy (non-hydrogen) atoms. The average Bonchev–Trinajstić information content (AvgIpc) is 2.61. The molecule has 1 aliphatic heterocycles. The van der Waals surface area contributed by atoms with Crippen molar-refractivity contribution in [3.8, 4) is 0 Å². The van der Waals surface area contributed by atoms with Crippen molar-refractivity contribution in [2.24, 2.45) is 11.7 Å². The van der Waals surface area contributed by atoms with Gasteiger partial charge in [0.25, 0.3) is 5.91 Å². The summed E-state index contributed by atoms with van der Waals surface area (Å²) in [7, 11) is 0. The lowest BCUT2D eigenvalue weighted by Gasteiger charge is -2.32. The number of carbonyl (C=O) groups excluding carboxylic acids is 2. The molecule has 2 rings (SSSR count). The van der Waals surface area contributed by atoms with Crippen LogP contribution in [0.1, 0.15) is 35.7 Å². The monoisotopic (exact) mass is 346 g/mol. The number of hydrogen-bond donors (Lipinski definition) is 4. The van der Waals surface area contributed by atoms with Gasteiger partial charge in [-0.25, -0.2) is 0 Å². The number of rotatable bonds is 5. The Labute approximate surface area is 145 Å². The van der Waals surface area contributed by atoms with Gasteiger partial charge in [0.05, 0.1) is 5.92 Å². The molecule has 0 aromatic heterocycles. The normalized spacial score (nSPS) is 16.1. The van der Waals surface area contributed by atoms with E-state index in [0.717, 1.165) is 0 Å². The highest BCUT2D eigenvalue weighted by molar-refractivity contribution is 5.99. The molecule has 1 aliphatic rings. The first-order chi connectivity index (χ1) is 11.8. The van der Waals surface area contributed by atoms with Gasteiger partial charge in [0.1, 0.15) is 11.9 Å². The molecule has 0 spiro atoms. The molecule has 1 aromatic carbocycles. The van der Waals surface area contributed by atoms with Crippen LogP contribution in [-0.2, 0) is 9.59 Å². The summed E-state index contributed by atoms with van der Waals surface area (Å²) < 4.78 is 0. The first-order valence-corrected chi connectivity index (χ1v) is 8.06. The second kappa shape index (κ2) is 7.78. The van der Waals surface area contributed by atoms with E-state index < -0.39 is 23.8 Å². The maximum absolute atomic E-state index is 12.4. The fourth-order valence-corrected chi connectivity index (χ4v) is 2.76. The van der Waals surface area contributed by atoms with E-state index in [0.29, 0.717) is 37.1 Å². The largest absolute Gasteiger partial charge is 0.481 e. The third-order valence-corrected chi connectivity index (χ3v) is 4.33. The highest BCUT2D eigenvalue weighted by atomic mass is 16.4. The van der Waals surface area contributed by atoms with Crippen molar-refractivity contribution in [1.82, 2.24) is 10.2 Å². The van der Waals surface area contributed by atoms with Crippen molar-refractivity contribution in [1.29, 1.82) is 5.41 Å². The number of piperidine rings is 1. The Hall–Kier alpha value is -2.90. The summed E-state index contributed by atoms with van der Waals surface area (Å²) in [6.45, 7) is 2.36. The number of nitrogen functional groups attached to an aromatic ring is 1. The quantitative estimate of drug-likeness (QED) is 0.452. The summed E-state index contributed by atoms with van der Waals surface area (Å²) >= 11 is 0. The molecule has 134 valence electrons. The van der Waals surface area contributed by atoms with Gasteiger partial charge < -0.3 is 21.1 Å². The molecule has 2 amide bonds. The van der Waals surface area contributed by atoms with Crippen LogP contribution in [0.25, 0.3) is 0 Å². The first-order valence-electron chi connectivity index (χ1n) is 8.06. The van der Waals surface area contributed by atoms with E-state index in [1.165, 1.54) is 0 Å². The van der Waals surface area contributed by atoms with Crippen LogP contribution in [0.15, 0.2) is 24.3 Å². The number of likely N-dealkylation sites (tertiary alicyclic amines) is 1.